The summed E-state index contributed by atoms with van der Waals surface area (Å²) < 4.78 is 39.0. The molecule has 0 aliphatic carbocycles. The topological polar surface area (TPSA) is 50.3 Å². The lowest BCUT2D eigenvalue weighted by Gasteiger charge is -2.19. The highest BCUT2D eigenvalue weighted by Gasteiger charge is 2.24. The minimum atomic E-state index is -3.78. The lowest BCUT2D eigenvalue weighted by atomic mass is 10.3. The van der Waals surface area contributed by atoms with Gasteiger partial charge in [-0.2, -0.15) is 0 Å². The number of rotatable bonds is 3. The van der Waals surface area contributed by atoms with Crippen molar-refractivity contribution < 1.29 is 12.8 Å². The van der Waals surface area contributed by atoms with E-state index < -0.39 is 15.8 Å². The third-order valence-electron chi connectivity index (χ3n) is 2.50. The van der Waals surface area contributed by atoms with E-state index in [9.17, 15) is 12.8 Å². The van der Waals surface area contributed by atoms with Gasteiger partial charge in [0, 0.05) is 17.7 Å². The molecule has 0 atom stereocenters. The van der Waals surface area contributed by atoms with Gasteiger partial charge in [-0.3, -0.25) is 4.31 Å². The van der Waals surface area contributed by atoms with Crippen LogP contribution in [0.15, 0.2) is 52.0 Å². The van der Waals surface area contributed by atoms with Gasteiger partial charge >= 0.3 is 0 Å². The first-order chi connectivity index (χ1) is 8.93. The predicted octanol–water partition coefficient (Wildman–Crippen LogP) is 2.81. The third kappa shape index (κ3) is 2.76. The van der Waals surface area contributed by atoms with Crippen LogP contribution in [0.4, 0.5) is 10.2 Å². The first kappa shape index (κ1) is 14.0. The fourth-order valence-corrected chi connectivity index (χ4v) is 3.65. The van der Waals surface area contributed by atoms with Crippen LogP contribution in [-0.4, -0.2) is 20.4 Å². The van der Waals surface area contributed by atoms with Crippen molar-refractivity contribution >= 4 is 31.8 Å². The maximum atomic E-state index is 13.0. The molecule has 1 heterocycles. The van der Waals surface area contributed by atoms with E-state index in [1.807, 2.05) is 0 Å². The predicted molar refractivity (Wildman–Crippen MR) is 73.9 cm³/mol. The van der Waals surface area contributed by atoms with Gasteiger partial charge < -0.3 is 0 Å². The molecule has 2 aromatic rings. The van der Waals surface area contributed by atoms with Crippen LogP contribution in [0.3, 0.4) is 0 Å². The second kappa shape index (κ2) is 5.26. The smallest absolute Gasteiger partial charge is 0.253 e. The van der Waals surface area contributed by atoms with Gasteiger partial charge in [0.15, 0.2) is 0 Å². The van der Waals surface area contributed by atoms with Gasteiger partial charge in [0.05, 0.1) is 0 Å². The summed E-state index contributed by atoms with van der Waals surface area (Å²) >= 11 is 3.06. The van der Waals surface area contributed by atoms with E-state index in [-0.39, 0.29) is 9.37 Å². The summed E-state index contributed by atoms with van der Waals surface area (Å²) in [7, 11) is -2.39. The number of pyridine rings is 1. The van der Waals surface area contributed by atoms with E-state index in [1.54, 1.807) is 18.2 Å². The van der Waals surface area contributed by atoms with Crippen molar-refractivity contribution in [2.45, 2.75) is 4.90 Å². The molecule has 1 aromatic heterocycles. The van der Waals surface area contributed by atoms with Crippen molar-refractivity contribution in [1.29, 1.82) is 0 Å². The van der Waals surface area contributed by atoms with Crippen LogP contribution in [0, 0.1) is 5.82 Å². The molecule has 1 aromatic carbocycles. The monoisotopic (exact) mass is 344 g/mol. The Morgan fingerprint density at radius 3 is 2.58 bits per heavy atom. The maximum Gasteiger partial charge on any atom is 0.266 e. The molecule has 0 saturated heterocycles. The summed E-state index contributed by atoms with van der Waals surface area (Å²) in [6, 6.07) is 8.39. The minimum absolute atomic E-state index is 0.0120. The molecule has 4 nitrogen and oxygen atoms in total. The molecule has 0 unspecified atom stereocenters. The second-order valence-electron chi connectivity index (χ2n) is 3.74. The summed E-state index contributed by atoms with van der Waals surface area (Å²) in [5.74, 6) is -0.218. The van der Waals surface area contributed by atoms with Gasteiger partial charge in [-0.15, -0.1) is 0 Å². The van der Waals surface area contributed by atoms with E-state index in [0.29, 0.717) is 5.82 Å². The van der Waals surface area contributed by atoms with Gasteiger partial charge in [-0.05, 0) is 46.3 Å². The standard InChI is InChI=1S/C12H10BrFN2O2S/c1-16(12-4-2-3-7-15-12)19(17,18)11-6-5-9(14)8-10(11)13/h2-8H,1H3. The van der Waals surface area contributed by atoms with Crippen molar-refractivity contribution in [2.24, 2.45) is 0 Å². The Kier molecular flexibility index (Phi) is 3.86. The van der Waals surface area contributed by atoms with Crippen LogP contribution in [0.25, 0.3) is 0 Å². The van der Waals surface area contributed by atoms with Crippen LogP contribution >= 0.6 is 15.9 Å². The summed E-state index contributed by atoms with van der Waals surface area (Å²) in [5.41, 5.74) is 0. The van der Waals surface area contributed by atoms with Crippen LogP contribution < -0.4 is 4.31 Å². The Hall–Kier alpha value is -1.47. The summed E-state index contributed by atoms with van der Waals surface area (Å²) in [4.78, 5) is 3.96. The fraction of sp³-hybridized carbons (Fsp3) is 0.0833. The molecule has 7 heteroatoms. The molecule has 2 rings (SSSR count). The van der Waals surface area contributed by atoms with E-state index >= 15 is 0 Å². The minimum Gasteiger partial charge on any atom is -0.253 e. The Morgan fingerprint density at radius 1 is 1.26 bits per heavy atom. The number of sulfonamides is 1. The van der Waals surface area contributed by atoms with E-state index in [2.05, 4.69) is 20.9 Å². The van der Waals surface area contributed by atoms with Gasteiger partial charge in [0.1, 0.15) is 16.5 Å². The number of anilines is 1. The average Bonchev–Trinajstić information content (AvgIpc) is 2.38. The summed E-state index contributed by atoms with van der Waals surface area (Å²) in [5, 5.41) is 0. The van der Waals surface area contributed by atoms with Gasteiger partial charge in [-0.1, -0.05) is 6.07 Å². The molecular formula is C12H10BrFN2O2S. The Balaban J connectivity index is 2.48. The molecule has 0 spiro atoms. The highest BCUT2D eigenvalue weighted by atomic mass is 79.9. The van der Waals surface area contributed by atoms with Crippen LogP contribution in [0.5, 0.6) is 0 Å². The number of hydrogen-bond acceptors (Lipinski definition) is 3. The van der Waals surface area contributed by atoms with E-state index in [4.69, 9.17) is 0 Å². The Labute approximate surface area is 119 Å². The largest absolute Gasteiger partial charge is 0.266 e. The number of nitrogens with zero attached hydrogens (tertiary/aromatic N) is 2. The van der Waals surface area contributed by atoms with Crippen molar-refractivity contribution in [3.8, 4) is 0 Å². The average molecular weight is 345 g/mol. The SMILES string of the molecule is CN(c1ccccn1)S(=O)(=O)c1ccc(F)cc1Br. The second-order valence-corrected chi connectivity index (χ2v) is 6.53. The van der Waals surface area contributed by atoms with E-state index in [0.717, 1.165) is 16.4 Å². The van der Waals surface area contributed by atoms with Crippen LogP contribution in [0.2, 0.25) is 0 Å². The molecule has 0 fully saturated rings. The van der Waals surface area contributed by atoms with Crippen molar-refractivity contribution in [3.05, 3.63) is 52.9 Å². The van der Waals surface area contributed by atoms with Crippen molar-refractivity contribution in [1.82, 2.24) is 4.98 Å². The normalized spacial score (nSPS) is 11.3. The lowest BCUT2D eigenvalue weighted by molar-refractivity contribution is 0.592. The first-order valence-corrected chi connectivity index (χ1v) is 7.51. The van der Waals surface area contributed by atoms with Crippen LogP contribution in [-0.2, 0) is 10.0 Å². The highest BCUT2D eigenvalue weighted by Crippen LogP contribution is 2.27. The maximum absolute atomic E-state index is 13.0. The highest BCUT2D eigenvalue weighted by molar-refractivity contribution is 9.10. The Morgan fingerprint density at radius 2 is 2.00 bits per heavy atom. The number of aromatic nitrogens is 1. The zero-order valence-corrected chi connectivity index (χ0v) is 12.3. The van der Waals surface area contributed by atoms with Crippen molar-refractivity contribution in [2.75, 3.05) is 11.4 Å². The molecule has 100 valence electrons. The van der Waals surface area contributed by atoms with Crippen molar-refractivity contribution in [3.63, 3.8) is 0 Å². The molecule has 0 radical (unpaired) electrons. The van der Waals surface area contributed by atoms with Gasteiger partial charge in [0.25, 0.3) is 10.0 Å². The number of benzene rings is 1. The lowest BCUT2D eigenvalue weighted by Crippen LogP contribution is -2.27. The molecule has 0 N–H and O–H groups in total. The molecule has 0 aliphatic heterocycles. The molecular weight excluding hydrogens is 335 g/mol. The molecule has 0 bridgehead atoms. The summed E-state index contributed by atoms with van der Waals surface area (Å²) in [6.45, 7) is 0. The molecule has 0 aliphatic rings. The fourth-order valence-electron chi connectivity index (χ4n) is 1.50. The van der Waals surface area contributed by atoms with E-state index in [1.165, 1.54) is 19.3 Å². The zero-order chi connectivity index (χ0) is 14.0. The first-order valence-electron chi connectivity index (χ1n) is 5.28. The van der Waals surface area contributed by atoms with Gasteiger partial charge in [-0.25, -0.2) is 17.8 Å². The molecule has 0 saturated carbocycles. The molecule has 19 heavy (non-hydrogen) atoms. The van der Waals surface area contributed by atoms with Crippen LogP contribution in [0.1, 0.15) is 0 Å². The zero-order valence-electron chi connectivity index (χ0n) is 9.92. The molecule has 0 amide bonds. The Bertz CT molecular complexity index is 692. The third-order valence-corrected chi connectivity index (χ3v) is 5.24. The number of halogens is 2. The number of hydrogen-bond donors (Lipinski definition) is 0. The summed E-state index contributed by atoms with van der Waals surface area (Å²) in [6.07, 6.45) is 1.50. The quantitative estimate of drug-likeness (QED) is 0.860. The van der Waals surface area contributed by atoms with Gasteiger partial charge in [0.2, 0.25) is 0 Å².